The van der Waals surface area contributed by atoms with E-state index in [9.17, 15) is 4.79 Å². The number of hydrogen-bond donors (Lipinski definition) is 3. The van der Waals surface area contributed by atoms with Crippen LogP contribution >= 0.6 is 22.9 Å². The number of benzene rings is 2. The lowest BCUT2D eigenvalue weighted by atomic mass is 10.3. The molecule has 4 N–H and O–H groups in total. The van der Waals surface area contributed by atoms with E-state index in [1.54, 1.807) is 48.5 Å². The highest BCUT2D eigenvalue weighted by atomic mass is 35.5. The van der Waals surface area contributed by atoms with Crippen molar-refractivity contribution in [3.05, 3.63) is 75.9 Å². The van der Waals surface area contributed by atoms with Crippen molar-refractivity contribution in [2.75, 3.05) is 10.6 Å². The van der Waals surface area contributed by atoms with Gasteiger partial charge in [-0.1, -0.05) is 23.7 Å². The Hall–Kier alpha value is -2.83. The highest BCUT2D eigenvalue weighted by Crippen LogP contribution is 2.19. The average molecular weight is 371 g/mol. The summed E-state index contributed by atoms with van der Waals surface area (Å²) in [6.07, 6.45) is 0. The van der Waals surface area contributed by atoms with Crippen LogP contribution in [-0.4, -0.2) is 11.9 Å². The number of carbonyl (C=O) groups excluding carboxylic acids is 1. The quantitative estimate of drug-likeness (QED) is 0.442. The molecule has 1 aromatic heterocycles. The molecule has 0 aliphatic heterocycles. The number of halogens is 1. The SMILES string of the molecule is NC(=Nc1ccc(NC(=O)Nc2cccc(Cl)c2)cc1)c1cccs1. The first-order valence-electron chi connectivity index (χ1n) is 7.42. The molecule has 25 heavy (non-hydrogen) atoms. The Kier molecular flexibility index (Phi) is 5.33. The predicted octanol–water partition coefficient (Wildman–Crippen LogP) is 5.08. The zero-order chi connectivity index (χ0) is 17.6. The first-order chi connectivity index (χ1) is 12.1. The lowest BCUT2D eigenvalue weighted by molar-refractivity contribution is 0.262. The molecular formula is C18H15ClN4OS. The van der Waals surface area contributed by atoms with Crippen LogP contribution in [0, 0.1) is 0 Å². The number of nitrogens with one attached hydrogen (secondary N) is 2. The summed E-state index contributed by atoms with van der Waals surface area (Å²) in [6, 6.07) is 17.5. The first kappa shape index (κ1) is 17.0. The molecule has 0 spiro atoms. The Bertz CT molecular complexity index is 892. The fourth-order valence-corrected chi connectivity index (χ4v) is 2.92. The van der Waals surface area contributed by atoms with E-state index < -0.39 is 0 Å². The molecule has 5 nitrogen and oxygen atoms in total. The van der Waals surface area contributed by atoms with Crippen molar-refractivity contribution in [1.82, 2.24) is 0 Å². The highest BCUT2D eigenvalue weighted by molar-refractivity contribution is 7.12. The second-order valence-corrected chi connectivity index (χ2v) is 6.49. The van der Waals surface area contributed by atoms with Gasteiger partial charge in [-0.25, -0.2) is 9.79 Å². The van der Waals surface area contributed by atoms with Crippen LogP contribution in [0.1, 0.15) is 4.88 Å². The number of nitrogens with two attached hydrogens (primary N) is 1. The van der Waals surface area contributed by atoms with Crippen molar-refractivity contribution in [1.29, 1.82) is 0 Å². The van der Waals surface area contributed by atoms with Crippen LogP contribution in [0.15, 0.2) is 71.0 Å². The number of nitrogens with zero attached hydrogens (tertiary/aromatic N) is 1. The van der Waals surface area contributed by atoms with Crippen LogP contribution in [0.5, 0.6) is 0 Å². The highest BCUT2D eigenvalue weighted by Gasteiger charge is 2.04. The van der Waals surface area contributed by atoms with Crippen molar-refractivity contribution < 1.29 is 4.79 Å². The van der Waals surface area contributed by atoms with E-state index >= 15 is 0 Å². The Morgan fingerprint density at radius 2 is 1.76 bits per heavy atom. The maximum Gasteiger partial charge on any atom is 0.323 e. The zero-order valence-corrected chi connectivity index (χ0v) is 14.6. The third-order valence-electron chi connectivity index (χ3n) is 3.23. The fourth-order valence-electron chi connectivity index (χ4n) is 2.10. The minimum atomic E-state index is -0.350. The van der Waals surface area contributed by atoms with E-state index in [4.69, 9.17) is 17.3 Å². The first-order valence-corrected chi connectivity index (χ1v) is 8.67. The summed E-state index contributed by atoms with van der Waals surface area (Å²) in [5.74, 6) is 0.467. The van der Waals surface area contributed by atoms with Crippen LogP contribution in [0.4, 0.5) is 21.9 Å². The summed E-state index contributed by atoms with van der Waals surface area (Å²) in [5.41, 5.74) is 7.94. The number of aliphatic imine (C=N–C) groups is 1. The maximum atomic E-state index is 12.0. The van der Waals surface area contributed by atoms with E-state index in [2.05, 4.69) is 15.6 Å². The van der Waals surface area contributed by atoms with Crippen molar-refractivity contribution in [2.24, 2.45) is 10.7 Å². The topological polar surface area (TPSA) is 79.5 Å². The normalized spacial score (nSPS) is 11.2. The molecule has 126 valence electrons. The Morgan fingerprint density at radius 1 is 1.00 bits per heavy atom. The van der Waals surface area contributed by atoms with Gasteiger partial charge in [0.2, 0.25) is 0 Å². The Balaban J connectivity index is 1.62. The van der Waals surface area contributed by atoms with Crippen molar-refractivity contribution in [3.63, 3.8) is 0 Å². The number of urea groups is 1. The summed E-state index contributed by atoms with van der Waals surface area (Å²) in [4.78, 5) is 17.3. The number of amides is 2. The molecule has 0 saturated heterocycles. The molecule has 0 saturated carbocycles. The molecule has 0 aliphatic rings. The summed E-state index contributed by atoms with van der Waals surface area (Å²) in [7, 11) is 0. The number of rotatable bonds is 4. The van der Waals surface area contributed by atoms with Gasteiger partial charge < -0.3 is 16.4 Å². The van der Waals surface area contributed by atoms with Crippen LogP contribution < -0.4 is 16.4 Å². The van der Waals surface area contributed by atoms with E-state index in [1.165, 1.54) is 11.3 Å². The van der Waals surface area contributed by atoms with Gasteiger partial charge in [-0.3, -0.25) is 0 Å². The number of thiophene rings is 1. The van der Waals surface area contributed by atoms with Gasteiger partial charge in [0.25, 0.3) is 0 Å². The van der Waals surface area contributed by atoms with Gasteiger partial charge in [-0.05, 0) is 53.9 Å². The van der Waals surface area contributed by atoms with E-state index in [-0.39, 0.29) is 6.03 Å². The van der Waals surface area contributed by atoms with Crippen molar-refractivity contribution in [2.45, 2.75) is 0 Å². The summed E-state index contributed by atoms with van der Waals surface area (Å²) in [5, 5.41) is 7.97. The van der Waals surface area contributed by atoms with Crippen molar-refractivity contribution in [3.8, 4) is 0 Å². The molecular weight excluding hydrogens is 356 g/mol. The second-order valence-electron chi connectivity index (χ2n) is 5.11. The molecule has 0 aliphatic carbocycles. The van der Waals surface area contributed by atoms with E-state index in [0.29, 0.717) is 27.9 Å². The molecule has 2 amide bonds. The number of hydrogen-bond acceptors (Lipinski definition) is 3. The van der Waals surface area contributed by atoms with Gasteiger partial charge in [0.05, 0.1) is 10.6 Å². The summed E-state index contributed by atoms with van der Waals surface area (Å²) in [6.45, 7) is 0. The summed E-state index contributed by atoms with van der Waals surface area (Å²) >= 11 is 7.42. The molecule has 0 bridgehead atoms. The molecule has 0 atom stereocenters. The van der Waals surface area contributed by atoms with Gasteiger partial charge in [-0.15, -0.1) is 11.3 Å². The van der Waals surface area contributed by atoms with Gasteiger partial charge in [-0.2, -0.15) is 0 Å². The Morgan fingerprint density at radius 3 is 2.44 bits per heavy atom. The molecule has 2 aromatic carbocycles. The molecule has 0 fully saturated rings. The largest absolute Gasteiger partial charge is 0.383 e. The molecule has 7 heteroatoms. The predicted molar refractivity (Wildman–Crippen MR) is 105 cm³/mol. The second kappa shape index (κ2) is 7.83. The van der Waals surface area contributed by atoms with Crippen LogP contribution in [0.2, 0.25) is 5.02 Å². The van der Waals surface area contributed by atoms with E-state index in [1.807, 2.05) is 17.5 Å². The monoisotopic (exact) mass is 370 g/mol. The minimum absolute atomic E-state index is 0.350. The smallest absolute Gasteiger partial charge is 0.323 e. The average Bonchev–Trinajstić information content (AvgIpc) is 3.11. The fraction of sp³-hybridized carbons (Fsp3) is 0. The lowest BCUT2D eigenvalue weighted by Crippen LogP contribution is -2.19. The maximum absolute atomic E-state index is 12.0. The standard InChI is InChI=1S/C18H15ClN4OS/c19-12-3-1-4-15(11-12)23-18(24)22-14-8-6-13(7-9-14)21-17(20)16-5-2-10-25-16/h1-11H,(H2,20,21)(H2,22,23,24). The van der Waals surface area contributed by atoms with Gasteiger partial charge in [0, 0.05) is 16.4 Å². The van der Waals surface area contributed by atoms with Crippen molar-refractivity contribution >= 4 is 51.9 Å². The minimum Gasteiger partial charge on any atom is -0.383 e. The number of amidine groups is 1. The van der Waals surface area contributed by atoms with Crippen LogP contribution in [-0.2, 0) is 0 Å². The Labute approximate surface area is 154 Å². The van der Waals surface area contributed by atoms with E-state index in [0.717, 1.165) is 4.88 Å². The van der Waals surface area contributed by atoms with Crippen LogP contribution in [0.3, 0.4) is 0 Å². The van der Waals surface area contributed by atoms with Gasteiger partial charge in [0.15, 0.2) is 0 Å². The van der Waals surface area contributed by atoms with Crippen LogP contribution in [0.25, 0.3) is 0 Å². The zero-order valence-electron chi connectivity index (χ0n) is 13.1. The molecule has 3 rings (SSSR count). The third kappa shape index (κ3) is 4.82. The van der Waals surface area contributed by atoms with Gasteiger partial charge >= 0.3 is 6.03 Å². The third-order valence-corrected chi connectivity index (χ3v) is 4.36. The lowest BCUT2D eigenvalue weighted by Gasteiger charge is -2.08. The molecule has 0 unspecified atom stereocenters. The number of carbonyl (C=O) groups is 1. The molecule has 0 radical (unpaired) electrons. The number of anilines is 2. The van der Waals surface area contributed by atoms with Gasteiger partial charge in [0.1, 0.15) is 5.84 Å². The molecule has 3 aromatic rings. The summed E-state index contributed by atoms with van der Waals surface area (Å²) < 4.78 is 0. The molecule has 1 heterocycles.